The van der Waals surface area contributed by atoms with Gasteiger partial charge >= 0.3 is 0 Å². The molecule has 0 bridgehead atoms. The Morgan fingerprint density at radius 1 is 1.67 bits per heavy atom. The summed E-state index contributed by atoms with van der Waals surface area (Å²) in [6, 6.07) is 0. The Labute approximate surface area is 56.9 Å². The minimum absolute atomic E-state index is 0.0694. The largest absolute Gasteiger partial charge is 0.349 e. The number of carbonyl (C=O) groups is 1. The van der Waals surface area contributed by atoms with Crippen molar-refractivity contribution in [2.75, 3.05) is 14.1 Å². The highest BCUT2D eigenvalue weighted by molar-refractivity contribution is 5.77. The first-order chi connectivity index (χ1) is 4.09. The Kier molecular flexibility index (Phi) is 3.28. The summed E-state index contributed by atoms with van der Waals surface area (Å²) in [4.78, 5) is 12.6. The van der Waals surface area contributed by atoms with E-state index < -0.39 is 0 Å². The SMILES string of the molecule is [CH2]CC(C)C(=O)N(C)C. The summed E-state index contributed by atoms with van der Waals surface area (Å²) in [6.07, 6.45) is 0.678. The van der Waals surface area contributed by atoms with E-state index in [0.717, 1.165) is 0 Å². The maximum atomic E-state index is 11.0. The van der Waals surface area contributed by atoms with Crippen molar-refractivity contribution in [1.29, 1.82) is 0 Å². The van der Waals surface area contributed by atoms with Crippen LogP contribution in [-0.2, 0) is 4.79 Å². The van der Waals surface area contributed by atoms with E-state index in [1.165, 1.54) is 0 Å². The van der Waals surface area contributed by atoms with E-state index in [9.17, 15) is 4.79 Å². The van der Waals surface area contributed by atoms with Gasteiger partial charge in [0.25, 0.3) is 0 Å². The Bertz CT molecular complexity index is 99.1. The summed E-state index contributed by atoms with van der Waals surface area (Å²) < 4.78 is 0. The summed E-state index contributed by atoms with van der Waals surface area (Å²) in [7, 11) is 3.52. The first kappa shape index (κ1) is 8.47. The Balaban J connectivity index is 3.73. The van der Waals surface area contributed by atoms with Gasteiger partial charge in [0.2, 0.25) is 5.91 Å². The minimum atomic E-state index is 0.0694. The summed E-state index contributed by atoms with van der Waals surface area (Å²) in [5.41, 5.74) is 0. The van der Waals surface area contributed by atoms with Crippen LogP contribution in [0.15, 0.2) is 0 Å². The monoisotopic (exact) mass is 128 g/mol. The lowest BCUT2D eigenvalue weighted by Crippen LogP contribution is -2.27. The predicted molar refractivity (Wildman–Crippen MR) is 37.8 cm³/mol. The molecule has 0 N–H and O–H groups in total. The minimum Gasteiger partial charge on any atom is -0.349 e. The fraction of sp³-hybridized carbons (Fsp3) is 0.714. The fourth-order valence-electron chi connectivity index (χ4n) is 0.564. The number of hydrogen-bond acceptors (Lipinski definition) is 1. The molecule has 0 rings (SSSR count). The van der Waals surface area contributed by atoms with Crippen LogP contribution in [0.3, 0.4) is 0 Å². The van der Waals surface area contributed by atoms with Crippen LogP contribution >= 0.6 is 0 Å². The van der Waals surface area contributed by atoms with Crippen LogP contribution in [0, 0.1) is 12.8 Å². The highest BCUT2D eigenvalue weighted by atomic mass is 16.2. The molecular formula is C7H14NO. The number of carbonyl (C=O) groups excluding carboxylic acids is 1. The molecule has 9 heavy (non-hydrogen) atoms. The number of rotatable bonds is 2. The van der Waals surface area contributed by atoms with Crippen molar-refractivity contribution < 1.29 is 4.79 Å². The molecule has 0 aromatic carbocycles. The predicted octanol–water partition coefficient (Wildman–Crippen LogP) is 0.935. The number of amides is 1. The summed E-state index contributed by atoms with van der Waals surface area (Å²) >= 11 is 0. The van der Waals surface area contributed by atoms with Crippen LogP contribution in [0.4, 0.5) is 0 Å². The third-order valence-corrected chi connectivity index (χ3v) is 1.30. The lowest BCUT2D eigenvalue weighted by atomic mass is 10.1. The molecule has 2 nitrogen and oxygen atoms in total. The molecule has 0 aliphatic rings. The molecule has 1 atom stereocenters. The normalized spacial score (nSPS) is 12.9. The average Bonchev–Trinajstić information content (AvgIpc) is 1.84. The first-order valence-electron chi connectivity index (χ1n) is 3.10. The molecule has 0 saturated carbocycles. The topological polar surface area (TPSA) is 20.3 Å². The maximum Gasteiger partial charge on any atom is 0.224 e. The molecule has 2 heteroatoms. The van der Waals surface area contributed by atoms with E-state index in [1.54, 1.807) is 19.0 Å². The summed E-state index contributed by atoms with van der Waals surface area (Å²) in [5.74, 6) is 0.227. The van der Waals surface area contributed by atoms with Gasteiger partial charge in [0.1, 0.15) is 0 Å². The van der Waals surface area contributed by atoms with Gasteiger partial charge in [0.15, 0.2) is 0 Å². The standard InChI is InChI=1S/C7H14NO/c1-5-6(2)7(9)8(3)4/h6H,1,5H2,2-4H3. The van der Waals surface area contributed by atoms with Gasteiger partial charge in [-0.1, -0.05) is 13.8 Å². The molecule has 0 aromatic rings. The van der Waals surface area contributed by atoms with Crippen molar-refractivity contribution in [2.45, 2.75) is 13.3 Å². The van der Waals surface area contributed by atoms with Gasteiger partial charge in [-0.05, 0) is 6.42 Å². The van der Waals surface area contributed by atoms with Gasteiger partial charge in [0, 0.05) is 20.0 Å². The molecule has 53 valence electrons. The second-order valence-corrected chi connectivity index (χ2v) is 2.42. The van der Waals surface area contributed by atoms with Crippen LogP contribution < -0.4 is 0 Å². The molecule has 0 spiro atoms. The highest BCUT2D eigenvalue weighted by Gasteiger charge is 2.10. The second kappa shape index (κ2) is 3.49. The van der Waals surface area contributed by atoms with E-state index in [-0.39, 0.29) is 11.8 Å². The zero-order chi connectivity index (χ0) is 7.44. The first-order valence-corrected chi connectivity index (χ1v) is 3.10. The molecule has 1 amide bonds. The molecule has 1 unspecified atom stereocenters. The molecule has 0 aliphatic carbocycles. The van der Waals surface area contributed by atoms with Gasteiger partial charge in [-0.2, -0.15) is 0 Å². The smallest absolute Gasteiger partial charge is 0.224 e. The van der Waals surface area contributed by atoms with Gasteiger partial charge in [-0.25, -0.2) is 0 Å². The highest BCUT2D eigenvalue weighted by Crippen LogP contribution is 2.02. The van der Waals surface area contributed by atoms with Crippen molar-refractivity contribution in [3.8, 4) is 0 Å². The fourth-order valence-corrected chi connectivity index (χ4v) is 0.564. The second-order valence-electron chi connectivity index (χ2n) is 2.42. The van der Waals surface area contributed by atoms with Crippen molar-refractivity contribution in [2.24, 2.45) is 5.92 Å². The van der Waals surface area contributed by atoms with Crippen molar-refractivity contribution in [3.63, 3.8) is 0 Å². The third-order valence-electron chi connectivity index (χ3n) is 1.30. The van der Waals surface area contributed by atoms with Crippen molar-refractivity contribution in [3.05, 3.63) is 6.92 Å². The number of nitrogens with zero attached hydrogens (tertiary/aromatic N) is 1. The lowest BCUT2D eigenvalue weighted by Gasteiger charge is -2.14. The molecule has 0 fully saturated rings. The Morgan fingerprint density at radius 3 is 2.22 bits per heavy atom. The van der Waals surface area contributed by atoms with Crippen molar-refractivity contribution >= 4 is 5.91 Å². The Hall–Kier alpha value is -0.530. The van der Waals surface area contributed by atoms with E-state index in [1.807, 2.05) is 6.92 Å². The third kappa shape index (κ3) is 2.49. The van der Waals surface area contributed by atoms with Gasteiger partial charge in [-0.3, -0.25) is 4.79 Å². The van der Waals surface area contributed by atoms with Crippen LogP contribution in [0.1, 0.15) is 13.3 Å². The van der Waals surface area contributed by atoms with Crippen LogP contribution in [0.5, 0.6) is 0 Å². The quantitative estimate of drug-likeness (QED) is 0.542. The molecule has 0 heterocycles. The van der Waals surface area contributed by atoms with Crippen LogP contribution in [0.2, 0.25) is 0 Å². The summed E-state index contributed by atoms with van der Waals surface area (Å²) in [6.45, 7) is 5.53. The zero-order valence-corrected chi connectivity index (χ0v) is 6.35. The van der Waals surface area contributed by atoms with E-state index in [2.05, 4.69) is 6.92 Å². The molecule has 0 saturated heterocycles. The van der Waals surface area contributed by atoms with Gasteiger partial charge in [-0.15, -0.1) is 0 Å². The van der Waals surface area contributed by atoms with E-state index in [0.29, 0.717) is 6.42 Å². The summed E-state index contributed by atoms with van der Waals surface area (Å²) in [5, 5.41) is 0. The molecule has 0 aromatic heterocycles. The van der Waals surface area contributed by atoms with Gasteiger partial charge < -0.3 is 4.90 Å². The van der Waals surface area contributed by atoms with Gasteiger partial charge in [0.05, 0.1) is 0 Å². The van der Waals surface area contributed by atoms with E-state index in [4.69, 9.17) is 0 Å². The number of hydrogen-bond donors (Lipinski definition) is 0. The van der Waals surface area contributed by atoms with Crippen molar-refractivity contribution in [1.82, 2.24) is 4.90 Å². The molecule has 0 aliphatic heterocycles. The van der Waals surface area contributed by atoms with Crippen LogP contribution in [-0.4, -0.2) is 24.9 Å². The Morgan fingerprint density at radius 2 is 2.11 bits per heavy atom. The zero-order valence-electron chi connectivity index (χ0n) is 6.35. The van der Waals surface area contributed by atoms with Crippen LogP contribution in [0.25, 0.3) is 0 Å². The molecular weight excluding hydrogens is 114 g/mol. The lowest BCUT2D eigenvalue weighted by molar-refractivity contribution is -0.132. The van der Waals surface area contributed by atoms with E-state index >= 15 is 0 Å². The average molecular weight is 128 g/mol. The maximum absolute atomic E-state index is 11.0. The molecule has 1 radical (unpaired) electrons.